The van der Waals surface area contributed by atoms with Gasteiger partial charge in [0.25, 0.3) is 0 Å². The summed E-state index contributed by atoms with van der Waals surface area (Å²) in [6.45, 7) is 5.66. The molecule has 2 unspecified atom stereocenters. The molecule has 0 spiro atoms. The Bertz CT molecular complexity index is 277. The van der Waals surface area contributed by atoms with Crippen molar-refractivity contribution in [2.45, 2.75) is 39.2 Å². The topological polar surface area (TPSA) is 78.4 Å². The van der Waals surface area contributed by atoms with Crippen LogP contribution in [0.4, 0.5) is 0 Å². The zero-order valence-electron chi connectivity index (χ0n) is 10.5. The summed E-state index contributed by atoms with van der Waals surface area (Å²) >= 11 is 0. The Kier molecular flexibility index (Phi) is 5.41. The van der Waals surface area contributed by atoms with Gasteiger partial charge in [0.2, 0.25) is 5.91 Å². The van der Waals surface area contributed by atoms with Crippen molar-refractivity contribution >= 4 is 11.9 Å². The first-order valence-electron chi connectivity index (χ1n) is 6.27. The maximum Gasteiger partial charge on any atom is 0.305 e. The first-order chi connectivity index (χ1) is 8.04. The molecule has 0 bridgehead atoms. The van der Waals surface area contributed by atoms with Gasteiger partial charge in [0.15, 0.2) is 0 Å². The SMILES string of the molecule is CCCC(CC(=O)O)NC(=O)C(C)C1CNC1. The average Bonchev–Trinajstić information content (AvgIpc) is 2.13. The summed E-state index contributed by atoms with van der Waals surface area (Å²) in [6, 6.07) is -0.236. The van der Waals surface area contributed by atoms with Crippen LogP contribution in [0.2, 0.25) is 0 Å². The molecule has 3 N–H and O–H groups in total. The molecule has 1 heterocycles. The van der Waals surface area contributed by atoms with Gasteiger partial charge in [-0.25, -0.2) is 0 Å². The van der Waals surface area contributed by atoms with E-state index >= 15 is 0 Å². The van der Waals surface area contributed by atoms with Crippen LogP contribution in [0.15, 0.2) is 0 Å². The highest BCUT2D eigenvalue weighted by atomic mass is 16.4. The Labute approximate surface area is 102 Å². The fourth-order valence-corrected chi connectivity index (χ4v) is 2.00. The number of carboxylic acids is 1. The Hall–Kier alpha value is -1.10. The first-order valence-corrected chi connectivity index (χ1v) is 6.27. The van der Waals surface area contributed by atoms with Crippen molar-refractivity contribution in [3.05, 3.63) is 0 Å². The van der Waals surface area contributed by atoms with Crippen molar-refractivity contribution in [2.75, 3.05) is 13.1 Å². The molecule has 1 rings (SSSR count). The number of carbonyl (C=O) groups is 2. The van der Waals surface area contributed by atoms with Crippen molar-refractivity contribution < 1.29 is 14.7 Å². The minimum atomic E-state index is -0.860. The summed E-state index contributed by atoms with van der Waals surface area (Å²) in [7, 11) is 0. The number of rotatable bonds is 7. The fraction of sp³-hybridized carbons (Fsp3) is 0.833. The van der Waals surface area contributed by atoms with E-state index in [0.717, 1.165) is 19.5 Å². The van der Waals surface area contributed by atoms with Crippen LogP contribution in [0.5, 0.6) is 0 Å². The molecule has 0 radical (unpaired) electrons. The van der Waals surface area contributed by atoms with Gasteiger partial charge in [-0.05, 0) is 25.4 Å². The van der Waals surface area contributed by atoms with E-state index in [1.807, 2.05) is 13.8 Å². The molecule has 0 aliphatic carbocycles. The standard InChI is InChI=1S/C12H22N2O3/c1-3-4-10(5-11(15)16)14-12(17)8(2)9-6-13-7-9/h8-10,13H,3-7H2,1-2H3,(H,14,17)(H,15,16). The van der Waals surface area contributed by atoms with E-state index in [0.29, 0.717) is 12.3 Å². The lowest BCUT2D eigenvalue weighted by atomic mass is 9.88. The van der Waals surface area contributed by atoms with Gasteiger partial charge in [-0.15, -0.1) is 0 Å². The Morgan fingerprint density at radius 2 is 2.12 bits per heavy atom. The van der Waals surface area contributed by atoms with Crippen LogP contribution in [0.1, 0.15) is 33.1 Å². The Morgan fingerprint density at radius 3 is 2.53 bits per heavy atom. The number of hydrogen-bond acceptors (Lipinski definition) is 3. The molecule has 98 valence electrons. The highest BCUT2D eigenvalue weighted by molar-refractivity contribution is 5.79. The van der Waals surface area contributed by atoms with Crippen LogP contribution in [-0.2, 0) is 9.59 Å². The van der Waals surface area contributed by atoms with Gasteiger partial charge in [-0.3, -0.25) is 9.59 Å². The van der Waals surface area contributed by atoms with Crippen LogP contribution in [0.3, 0.4) is 0 Å². The maximum atomic E-state index is 11.9. The van der Waals surface area contributed by atoms with Crippen molar-refractivity contribution in [1.82, 2.24) is 10.6 Å². The normalized spacial score (nSPS) is 19.2. The third-order valence-electron chi connectivity index (χ3n) is 3.34. The van der Waals surface area contributed by atoms with Crippen molar-refractivity contribution in [2.24, 2.45) is 11.8 Å². The van der Waals surface area contributed by atoms with E-state index in [4.69, 9.17) is 5.11 Å². The molecule has 5 heteroatoms. The van der Waals surface area contributed by atoms with Gasteiger partial charge < -0.3 is 15.7 Å². The van der Waals surface area contributed by atoms with Crippen LogP contribution >= 0.6 is 0 Å². The number of aliphatic carboxylic acids is 1. The minimum Gasteiger partial charge on any atom is -0.481 e. The molecule has 1 aliphatic rings. The average molecular weight is 242 g/mol. The molecule has 5 nitrogen and oxygen atoms in total. The first kappa shape index (κ1) is 14.0. The third kappa shape index (κ3) is 4.34. The Balaban J connectivity index is 2.41. The number of amides is 1. The van der Waals surface area contributed by atoms with E-state index in [1.165, 1.54) is 0 Å². The molecule has 0 aromatic carbocycles. The van der Waals surface area contributed by atoms with Crippen LogP contribution in [0.25, 0.3) is 0 Å². The number of carboxylic acid groups (broad SMARTS) is 1. The highest BCUT2D eigenvalue weighted by Crippen LogP contribution is 2.16. The van der Waals surface area contributed by atoms with Crippen LogP contribution in [0, 0.1) is 11.8 Å². The molecule has 0 saturated carbocycles. The van der Waals surface area contributed by atoms with Crippen LogP contribution < -0.4 is 10.6 Å². The number of nitrogens with one attached hydrogen (secondary N) is 2. The molecule has 1 amide bonds. The van der Waals surface area contributed by atoms with Crippen molar-refractivity contribution in [3.63, 3.8) is 0 Å². The molecule has 0 aromatic rings. The Morgan fingerprint density at radius 1 is 1.47 bits per heavy atom. The lowest BCUT2D eigenvalue weighted by molar-refractivity contribution is -0.138. The van der Waals surface area contributed by atoms with Gasteiger partial charge in [-0.2, -0.15) is 0 Å². The third-order valence-corrected chi connectivity index (χ3v) is 3.34. The zero-order chi connectivity index (χ0) is 12.8. The van der Waals surface area contributed by atoms with Gasteiger partial charge in [0.1, 0.15) is 0 Å². The molecule has 17 heavy (non-hydrogen) atoms. The second-order valence-corrected chi connectivity index (χ2v) is 4.80. The second kappa shape index (κ2) is 6.59. The summed E-state index contributed by atoms with van der Waals surface area (Å²) in [5.74, 6) is -0.524. The lowest BCUT2D eigenvalue weighted by Crippen LogP contribution is -2.51. The zero-order valence-corrected chi connectivity index (χ0v) is 10.5. The molecule has 2 atom stereocenters. The lowest BCUT2D eigenvalue weighted by Gasteiger charge is -2.32. The largest absolute Gasteiger partial charge is 0.481 e. The molecular formula is C12H22N2O3. The van der Waals surface area contributed by atoms with Crippen molar-refractivity contribution in [3.8, 4) is 0 Å². The van der Waals surface area contributed by atoms with Gasteiger partial charge >= 0.3 is 5.97 Å². The minimum absolute atomic E-state index is 0.00914. The second-order valence-electron chi connectivity index (χ2n) is 4.80. The van der Waals surface area contributed by atoms with E-state index < -0.39 is 5.97 Å². The van der Waals surface area contributed by atoms with E-state index in [1.54, 1.807) is 0 Å². The summed E-state index contributed by atoms with van der Waals surface area (Å²) in [4.78, 5) is 22.6. The van der Waals surface area contributed by atoms with E-state index in [-0.39, 0.29) is 24.3 Å². The van der Waals surface area contributed by atoms with E-state index in [2.05, 4.69) is 10.6 Å². The predicted octanol–water partition coefficient (Wildman–Crippen LogP) is 0.602. The predicted molar refractivity (Wildman–Crippen MR) is 64.6 cm³/mol. The molecule has 1 aliphatic heterocycles. The molecule has 0 aromatic heterocycles. The van der Waals surface area contributed by atoms with Gasteiger partial charge in [0, 0.05) is 12.0 Å². The number of hydrogen-bond donors (Lipinski definition) is 3. The molecule has 1 fully saturated rings. The summed E-state index contributed by atoms with van der Waals surface area (Å²) in [5.41, 5.74) is 0. The molecule has 1 saturated heterocycles. The fourth-order valence-electron chi connectivity index (χ4n) is 2.00. The maximum absolute atomic E-state index is 11.9. The monoisotopic (exact) mass is 242 g/mol. The molecular weight excluding hydrogens is 220 g/mol. The quantitative estimate of drug-likeness (QED) is 0.611. The summed E-state index contributed by atoms with van der Waals surface area (Å²) in [6.07, 6.45) is 1.60. The van der Waals surface area contributed by atoms with Crippen molar-refractivity contribution in [1.29, 1.82) is 0 Å². The smallest absolute Gasteiger partial charge is 0.305 e. The number of carbonyl (C=O) groups excluding carboxylic acids is 1. The van der Waals surface area contributed by atoms with Gasteiger partial charge in [0.05, 0.1) is 6.42 Å². The van der Waals surface area contributed by atoms with Crippen LogP contribution in [-0.4, -0.2) is 36.1 Å². The van der Waals surface area contributed by atoms with E-state index in [9.17, 15) is 9.59 Å². The summed E-state index contributed by atoms with van der Waals surface area (Å²) in [5, 5.41) is 14.8. The highest BCUT2D eigenvalue weighted by Gasteiger charge is 2.29. The van der Waals surface area contributed by atoms with Gasteiger partial charge in [-0.1, -0.05) is 20.3 Å². The summed E-state index contributed by atoms with van der Waals surface area (Å²) < 4.78 is 0.